The van der Waals surface area contributed by atoms with Gasteiger partial charge in [-0.1, -0.05) is 155 Å². The van der Waals surface area contributed by atoms with Crippen LogP contribution in [0.3, 0.4) is 0 Å². The van der Waals surface area contributed by atoms with Crippen LogP contribution in [0.5, 0.6) is 0 Å². The summed E-state index contributed by atoms with van der Waals surface area (Å²) in [6.45, 7) is 4.63. The molecule has 0 saturated heterocycles. The number of unbranched alkanes of at least 4 members (excludes halogenated alkanes) is 14. The summed E-state index contributed by atoms with van der Waals surface area (Å²) in [6.07, 6.45) is 32.9. The van der Waals surface area contributed by atoms with Gasteiger partial charge in [-0.2, -0.15) is 0 Å². The van der Waals surface area contributed by atoms with Crippen LogP contribution in [0.2, 0.25) is 0 Å². The predicted octanol–water partition coefficient (Wildman–Crippen LogP) is 9.85. The number of rotatable bonds is 18. The minimum absolute atomic E-state index is 1.09. The first-order chi connectivity index (χ1) is 12.9. The van der Waals surface area contributed by atoms with Crippen molar-refractivity contribution in [2.24, 2.45) is 11.8 Å². The monoisotopic (exact) mass is 364 g/mol. The molecule has 0 nitrogen and oxygen atoms in total. The molecule has 0 heterocycles. The van der Waals surface area contributed by atoms with E-state index in [0.717, 1.165) is 11.8 Å². The molecule has 1 aliphatic carbocycles. The Labute approximate surface area is 167 Å². The van der Waals surface area contributed by atoms with Gasteiger partial charge >= 0.3 is 0 Å². The lowest BCUT2D eigenvalue weighted by Crippen LogP contribution is -2.14. The lowest BCUT2D eigenvalue weighted by atomic mass is 9.78. The van der Waals surface area contributed by atoms with Crippen LogP contribution in [0.1, 0.15) is 155 Å². The number of hydrogen-bond acceptors (Lipinski definition) is 0. The maximum absolute atomic E-state index is 2.32. The maximum atomic E-state index is 2.32. The quantitative estimate of drug-likeness (QED) is 0.212. The maximum Gasteiger partial charge on any atom is -0.0414 e. The van der Waals surface area contributed by atoms with Crippen LogP contribution in [0.25, 0.3) is 0 Å². The van der Waals surface area contributed by atoms with Crippen molar-refractivity contribution in [1.29, 1.82) is 0 Å². The standard InChI is InChI=1S/C26H52/c1-3-5-7-9-10-11-12-13-14-15-16-18-20-26-23-21-25(22-24-26)19-17-8-6-4-2/h25-26H,3-24H2,1-2H3. The molecule has 0 bridgehead atoms. The molecule has 1 aliphatic rings. The average molecular weight is 365 g/mol. The van der Waals surface area contributed by atoms with Crippen LogP contribution in [-0.4, -0.2) is 0 Å². The molecule has 0 aromatic rings. The van der Waals surface area contributed by atoms with Gasteiger partial charge in [0.1, 0.15) is 0 Å². The molecule has 1 saturated carbocycles. The van der Waals surface area contributed by atoms with E-state index in [1.54, 1.807) is 32.1 Å². The lowest BCUT2D eigenvalue weighted by molar-refractivity contribution is 0.244. The van der Waals surface area contributed by atoms with Crippen LogP contribution in [0.15, 0.2) is 0 Å². The van der Waals surface area contributed by atoms with E-state index < -0.39 is 0 Å². The fraction of sp³-hybridized carbons (Fsp3) is 1.00. The highest BCUT2D eigenvalue weighted by Gasteiger charge is 2.20. The Morgan fingerprint density at radius 1 is 0.385 bits per heavy atom. The first-order valence-electron chi connectivity index (χ1n) is 12.9. The Hall–Kier alpha value is 0. The zero-order chi connectivity index (χ0) is 18.7. The fourth-order valence-electron chi connectivity index (χ4n) is 4.94. The molecular weight excluding hydrogens is 312 g/mol. The van der Waals surface area contributed by atoms with E-state index in [0.29, 0.717) is 0 Å². The largest absolute Gasteiger partial charge is 0.0654 e. The van der Waals surface area contributed by atoms with Crippen molar-refractivity contribution in [3.05, 3.63) is 0 Å². The van der Waals surface area contributed by atoms with Crippen LogP contribution in [-0.2, 0) is 0 Å². The molecular formula is C26H52. The minimum Gasteiger partial charge on any atom is -0.0654 e. The van der Waals surface area contributed by atoms with Crippen molar-refractivity contribution in [3.63, 3.8) is 0 Å². The van der Waals surface area contributed by atoms with Crippen LogP contribution >= 0.6 is 0 Å². The van der Waals surface area contributed by atoms with E-state index in [4.69, 9.17) is 0 Å². The lowest BCUT2D eigenvalue weighted by Gasteiger charge is -2.28. The van der Waals surface area contributed by atoms with Gasteiger partial charge in [0.15, 0.2) is 0 Å². The normalized spacial score (nSPS) is 20.5. The van der Waals surface area contributed by atoms with Crippen molar-refractivity contribution in [2.75, 3.05) is 0 Å². The van der Waals surface area contributed by atoms with Gasteiger partial charge in [0.2, 0.25) is 0 Å². The van der Waals surface area contributed by atoms with Gasteiger partial charge in [0.05, 0.1) is 0 Å². The van der Waals surface area contributed by atoms with E-state index in [2.05, 4.69) is 13.8 Å². The van der Waals surface area contributed by atoms with Gasteiger partial charge in [-0.15, -0.1) is 0 Å². The summed E-state index contributed by atoms with van der Waals surface area (Å²) < 4.78 is 0. The third-order valence-corrected chi connectivity index (χ3v) is 6.90. The summed E-state index contributed by atoms with van der Waals surface area (Å²) in [5.74, 6) is 2.18. The number of hydrogen-bond donors (Lipinski definition) is 0. The van der Waals surface area contributed by atoms with E-state index in [-0.39, 0.29) is 0 Å². The molecule has 1 fully saturated rings. The molecule has 0 unspecified atom stereocenters. The second kappa shape index (κ2) is 18.4. The average Bonchev–Trinajstić information content (AvgIpc) is 2.67. The topological polar surface area (TPSA) is 0 Å². The van der Waals surface area contributed by atoms with Crippen molar-refractivity contribution in [3.8, 4) is 0 Å². The van der Waals surface area contributed by atoms with Crippen molar-refractivity contribution < 1.29 is 0 Å². The van der Waals surface area contributed by atoms with Crippen LogP contribution in [0.4, 0.5) is 0 Å². The molecule has 0 aromatic heterocycles. The minimum atomic E-state index is 1.09. The highest BCUT2D eigenvalue weighted by Crippen LogP contribution is 2.34. The van der Waals surface area contributed by atoms with Crippen molar-refractivity contribution in [1.82, 2.24) is 0 Å². The molecule has 0 spiro atoms. The van der Waals surface area contributed by atoms with E-state index in [9.17, 15) is 0 Å². The summed E-state index contributed by atoms with van der Waals surface area (Å²) in [5.41, 5.74) is 0. The van der Waals surface area contributed by atoms with E-state index >= 15 is 0 Å². The Balaban J connectivity index is 1.79. The van der Waals surface area contributed by atoms with Gasteiger partial charge in [0.25, 0.3) is 0 Å². The second-order valence-corrected chi connectivity index (χ2v) is 9.41. The molecule has 0 atom stereocenters. The molecule has 1 rings (SSSR count). The van der Waals surface area contributed by atoms with Gasteiger partial charge in [-0.05, 0) is 11.8 Å². The van der Waals surface area contributed by atoms with Crippen LogP contribution < -0.4 is 0 Å². The highest BCUT2D eigenvalue weighted by atomic mass is 14.3. The third-order valence-electron chi connectivity index (χ3n) is 6.90. The van der Waals surface area contributed by atoms with Gasteiger partial charge < -0.3 is 0 Å². The highest BCUT2D eigenvalue weighted by molar-refractivity contribution is 4.72. The van der Waals surface area contributed by atoms with E-state index in [1.807, 2.05) is 0 Å². The Morgan fingerprint density at radius 3 is 1.00 bits per heavy atom. The summed E-state index contributed by atoms with van der Waals surface area (Å²) in [6, 6.07) is 0. The SMILES string of the molecule is CCCCCCCCCCCCCCC1CCC(CCCCCC)CC1. The van der Waals surface area contributed by atoms with Crippen LogP contribution in [0, 0.1) is 11.8 Å². The van der Waals surface area contributed by atoms with E-state index in [1.165, 1.54) is 109 Å². The van der Waals surface area contributed by atoms with Crippen molar-refractivity contribution in [2.45, 2.75) is 155 Å². The Kier molecular flexibility index (Phi) is 17.0. The first kappa shape index (κ1) is 24.0. The van der Waals surface area contributed by atoms with Gasteiger partial charge in [-0.3, -0.25) is 0 Å². The Bertz CT molecular complexity index is 261. The zero-order valence-electron chi connectivity index (χ0n) is 18.7. The molecule has 0 N–H and O–H groups in total. The van der Waals surface area contributed by atoms with Gasteiger partial charge in [0, 0.05) is 0 Å². The molecule has 156 valence electrons. The Morgan fingerprint density at radius 2 is 0.654 bits per heavy atom. The third kappa shape index (κ3) is 14.1. The fourth-order valence-corrected chi connectivity index (χ4v) is 4.94. The summed E-state index contributed by atoms with van der Waals surface area (Å²) in [5, 5.41) is 0. The molecule has 0 aliphatic heterocycles. The smallest absolute Gasteiger partial charge is 0.0414 e. The second-order valence-electron chi connectivity index (χ2n) is 9.41. The molecule has 26 heavy (non-hydrogen) atoms. The van der Waals surface area contributed by atoms with Crippen molar-refractivity contribution >= 4 is 0 Å². The van der Waals surface area contributed by atoms with Gasteiger partial charge in [-0.25, -0.2) is 0 Å². The molecule has 0 radical (unpaired) electrons. The molecule has 0 amide bonds. The summed E-state index contributed by atoms with van der Waals surface area (Å²) >= 11 is 0. The molecule has 0 aromatic carbocycles. The first-order valence-corrected chi connectivity index (χ1v) is 12.9. The molecule has 0 heteroatoms. The predicted molar refractivity (Wildman–Crippen MR) is 120 cm³/mol. The summed E-state index contributed by atoms with van der Waals surface area (Å²) in [4.78, 5) is 0. The zero-order valence-corrected chi connectivity index (χ0v) is 18.7. The summed E-state index contributed by atoms with van der Waals surface area (Å²) in [7, 11) is 0.